The Kier molecular flexibility index (Phi) is 5.72. The summed E-state index contributed by atoms with van der Waals surface area (Å²) in [6, 6.07) is 11.0. The maximum Gasteiger partial charge on any atom is 0.411 e. The van der Waals surface area contributed by atoms with Crippen LogP contribution >= 0.6 is 15.9 Å². The van der Waals surface area contributed by atoms with E-state index in [9.17, 15) is 19.5 Å². The number of halogens is 1. The minimum Gasteiger partial charge on any atom is -0.479 e. The van der Waals surface area contributed by atoms with E-state index in [-0.39, 0.29) is 25.2 Å². The monoisotopic (exact) mass is 461 g/mol. The van der Waals surface area contributed by atoms with Gasteiger partial charge in [0, 0.05) is 23.0 Å². The lowest BCUT2D eigenvalue weighted by Gasteiger charge is -2.35. The molecule has 6 nitrogen and oxygen atoms in total. The summed E-state index contributed by atoms with van der Waals surface area (Å²) in [5.41, 5.74) is -1.91. The quantitative estimate of drug-likeness (QED) is 0.645. The van der Waals surface area contributed by atoms with Gasteiger partial charge < -0.3 is 9.84 Å². The lowest BCUT2D eigenvalue weighted by Crippen LogP contribution is -2.55. The van der Waals surface area contributed by atoms with Crippen molar-refractivity contribution in [2.75, 3.05) is 6.54 Å². The molecule has 1 fully saturated rings. The van der Waals surface area contributed by atoms with Gasteiger partial charge in [0.2, 0.25) is 0 Å². The first-order valence-corrected chi connectivity index (χ1v) is 10.3. The molecule has 1 aliphatic rings. The number of carbonyl (C=O) groups is 3. The molecule has 0 aromatic heterocycles. The van der Waals surface area contributed by atoms with Crippen molar-refractivity contribution in [1.82, 2.24) is 4.90 Å². The van der Waals surface area contributed by atoms with Crippen molar-refractivity contribution in [1.29, 1.82) is 0 Å². The molecule has 2 aromatic rings. The number of likely N-dealkylation sites (tertiary alicyclic amines) is 1. The second-order valence-electron chi connectivity index (χ2n) is 8.38. The Bertz CT molecular complexity index is 981. The molecule has 3 rings (SSSR count). The second-order valence-corrected chi connectivity index (χ2v) is 9.29. The summed E-state index contributed by atoms with van der Waals surface area (Å²) in [7, 11) is 0. The summed E-state index contributed by atoms with van der Waals surface area (Å²) in [6.07, 6.45) is -0.268. The fourth-order valence-corrected chi connectivity index (χ4v) is 4.08. The number of hydrogen-bond donors (Lipinski definition) is 1. The van der Waals surface area contributed by atoms with Crippen LogP contribution < -0.4 is 0 Å². The van der Waals surface area contributed by atoms with Gasteiger partial charge in [0.15, 0.2) is 11.3 Å². The van der Waals surface area contributed by atoms with Crippen LogP contribution in [-0.4, -0.2) is 45.5 Å². The van der Waals surface area contributed by atoms with E-state index in [0.29, 0.717) is 12.0 Å². The molecule has 0 unspecified atom stereocenters. The van der Waals surface area contributed by atoms with Gasteiger partial charge in [0.1, 0.15) is 5.60 Å². The Morgan fingerprint density at radius 1 is 1.14 bits per heavy atom. The minimum atomic E-state index is -1.59. The number of ether oxygens (including phenoxy) is 1. The highest BCUT2D eigenvalue weighted by Gasteiger charge is 2.52. The molecule has 0 aliphatic carbocycles. The number of fused-ring (bicyclic) bond motifs is 1. The van der Waals surface area contributed by atoms with Gasteiger partial charge in [-0.2, -0.15) is 0 Å². The van der Waals surface area contributed by atoms with Crippen molar-refractivity contribution >= 4 is 44.5 Å². The molecule has 29 heavy (non-hydrogen) atoms. The third kappa shape index (κ3) is 4.45. The van der Waals surface area contributed by atoms with Gasteiger partial charge in [0.25, 0.3) is 0 Å². The van der Waals surface area contributed by atoms with Crippen molar-refractivity contribution in [3.8, 4) is 0 Å². The Labute approximate surface area is 178 Å². The summed E-state index contributed by atoms with van der Waals surface area (Å²) >= 11 is 3.42. The Hall–Kier alpha value is -2.41. The molecule has 1 N–H and O–H groups in total. The summed E-state index contributed by atoms with van der Waals surface area (Å²) in [5.74, 6) is -1.49. The van der Waals surface area contributed by atoms with Crippen molar-refractivity contribution in [3.05, 3.63) is 46.4 Å². The zero-order valence-electron chi connectivity index (χ0n) is 16.7. The Balaban J connectivity index is 1.89. The normalized spacial score (nSPS) is 19.4. The topological polar surface area (TPSA) is 83.9 Å². The predicted octanol–water partition coefficient (Wildman–Crippen LogP) is 5.03. The van der Waals surface area contributed by atoms with Crippen molar-refractivity contribution in [2.24, 2.45) is 0 Å². The third-order valence-corrected chi connectivity index (χ3v) is 5.57. The van der Waals surface area contributed by atoms with Gasteiger partial charge in [0.05, 0.1) is 0 Å². The lowest BCUT2D eigenvalue weighted by molar-refractivity contribution is -0.149. The first-order chi connectivity index (χ1) is 13.5. The van der Waals surface area contributed by atoms with Crippen LogP contribution in [0.5, 0.6) is 0 Å². The van der Waals surface area contributed by atoms with E-state index >= 15 is 0 Å². The van der Waals surface area contributed by atoms with Crippen LogP contribution in [0, 0.1) is 0 Å². The highest BCUT2D eigenvalue weighted by molar-refractivity contribution is 9.10. The Morgan fingerprint density at radius 3 is 2.45 bits per heavy atom. The van der Waals surface area contributed by atoms with Crippen LogP contribution in [0.15, 0.2) is 40.9 Å². The van der Waals surface area contributed by atoms with Crippen LogP contribution in [0.25, 0.3) is 10.8 Å². The van der Waals surface area contributed by atoms with Crippen molar-refractivity contribution in [2.45, 2.75) is 51.2 Å². The first kappa shape index (κ1) is 21.3. The first-order valence-electron chi connectivity index (χ1n) is 9.48. The zero-order valence-corrected chi connectivity index (χ0v) is 18.3. The lowest BCUT2D eigenvalue weighted by atomic mass is 9.87. The number of amides is 1. The SMILES string of the molecule is CC(C)(C)OC(=O)N1CCC[C@@]1(CC(=O)c1ccc2cc(Br)ccc2c1)C(=O)O. The maximum absolute atomic E-state index is 13.0. The third-order valence-electron chi connectivity index (χ3n) is 5.08. The number of ketones is 1. The van der Waals surface area contributed by atoms with Gasteiger partial charge in [-0.25, -0.2) is 9.59 Å². The van der Waals surface area contributed by atoms with E-state index < -0.39 is 23.2 Å². The molecular weight excluding hydrogens is 438 g/mol. The fraction of sp³-hybridized carbons (Fsp3) is 0.409. The number of benzene rings is 2. The molecule has 7 heteroatoms. The van der Waals surface area contributed by atoms with E-state index in [1.807, 2.05) is 24.3 Å². The van der Waals surface area contributed by atoms with Gasteiger partial charge in [-0.15, -0.1) is 0 Å². The number of carboxylic acids is 1. The van der Waals surface area contributed by atoms with E-state index in [1.54, 1.807) is 32.9 Å². The van der Waals surface area contributed by atoms with Crippen LogP contribution in [0.3, 0.4) is 0 Å². The van der Waals surface area contributed by atoms with E-state index in [2.05, 4.69) is 15.9 Å². The molecule has 0 radical (unpaired) electrons. The smallest absolute Gasteiger partial charge is 0.411 e. The molecule has 1 saturated heterocycles. The van der Waals surface area contributed by atoms with Crippen molar-refractivity contribution in [3.63, 3.8) is 0 Å². The van der Waals surface area contributed by atoms with E-state index in [4.69, 9.17) is 4.74 Å². The van der Waals surface area contributed by atoms with E-state index in [0.717, 1.165) is 15.2 Å². The summed E-state index contributed by atoms with van der Waals surface area (Å²) in [6.45, 7) is 5.42. The fourth-order valence-electron chi connectivity index (χ4n) is 3.70. The predicted molar refractivity (Wildman–Crippen MR) is 113 cm³/mol. The Morgan fingerprint density at radius 2 is 1.79 bits per heavy atom. The molecule has 0 bridgehead atoms. The van der Waals surface area contributed by atoms with Gasteiger partial charge in [-0.3, -0.25) is 9.69 Å². The molecular formula is C22H24BrNO5. The highest BCUT2D eigenvalue weighted by atomic mass is 79.9. The standard InChI is InChI=1S/C22H24BrNO5/c1-21(2,3)29-20(28)24-10-4-9-22(24,19(26)27)13-18(25)16-6-5-15-12-17(23)8-7-14(15)11-16/h5-8,11-12H,4,9-10,13H2,1-3H3,(H,26,27)/t22-/m1/s1. The molecule has 154 valence electrons. The maximum atomic E-state index is 13.0. The molecule has 1 amide bonds. The van der Waals surface area contributed by atoms with Crippen LogP contribution in [0.2, 0.25) is 0 Å². The molecule has 2 aromatic carbocycles. The number of carbonyl (C=O) groups excluding carboxylic acids is 2. The minimum absolute atomic E-state index is 0.216. The van der Waals surface area contributed by atoms with Crippen LogP contribution in [0.1, 0.15) is 50.4 Å². The summed E-state index contributed by atoms with van der Waals surface area (Å²) in [5, 5.41) is 11.8. The second kappa shape index (κ2) is 7.78. The number of nitrogens with zero attached hydrogens (tertiary/aromatic N) is 1. The van der Waals surface area contributed by atoms with Gasteiger partial charge in [-0.05, 0) is 62.6 Å². The largest absolute Gasteiger partial charge is 0.479 e. The molecule has 0 saturated carbocycles. The molecule has 0 spiro atoms. The molecule has 1 atom stereocenters. The molecule has 1 heterocycles. The molecule has 1 aliphatic heterocycles. The van der Waals surface area contributed by atoms with Gasteiger partial charge in [-0.1, -0.05) is 34.1 Å². The zero-order chi connectivity index (χ0) is 21.4. The van der Waals surface area contributed by atoms with Crippen LogP contribution in [-0.2, 0) is 9.53 Å². The number of aliphatic carboxylic acids is 1. The number of rotatable bonds is 4. The van der Waals surface area contributed by atoms with Crippen molar-refractivity contribution < 1.29 is 24.2 Å². The average molecular weight is 462 g/mol. The van der Waals surface area contributed by atoms with Gasteiger partial charge >= 0.3 is 12.1 Å². The number of carboxylic acid groups (broad SMARTS) is 1. The highest BCUT2D eigenvalue weighted by Crippen LogP contribution is 2.36. The number of hydrogen-bond acceptors (Lipinski definition) is 4. The number of Topliss-reactive ketones (excluding diaryl/α,β-unsaturated/α-hetero) is 1. The van der Waals surface area contributed by atoms with E-state index in [1.165, 1.54) is 4.90 Å². The van der Waals surface area contributed by atoms with Crippen LogP contribution in [0.4, 0.5) is 4.79 Å². The summed E-state index contributed by atoms with van der Waals surface area (Å²) in [4.78, 5) is 39.1. The summed E-state index contributed by atoms with van der Waals surface area (Å²) < 4.78 is 6.33. The average Bonchev–Trinajstić information content (AvgIpc) is 3.05.